The number of nitrogens with two attached hydrogens (primary N) is 1. The summed E-state index contributed by atoms with van der Waals surface area (Å²) >= 11 is 0. The van der Waals surface area contributed by atoms with E-state index in [1.165, 1.54) is 0 Å². The molecule has 0 amide bonds. The molecule has 0 aliphatic carbocycles. The molecule has 0 saturated heterocycles. The standard InChI is InChI=1S/C14H14N4/c1-10(12-4-2-11(9-15)3-5-12)18-14-8-13(16)6-7-17-14/h2-8,10H,1H3,(H3,16,17,18). The van der Waals surface area contributed by atoms with Gasteiger partial charge in [-0.05, 0) is 30.7 Å². The highest BCUT2D eigenvalue weighted by molar-refractivity contribution is 5.49. The Hall–Kier alpha value is -2.54. The van der Waals surface area contributed by atoms with E-state index in [1.54, 1.807) is 30.5 Å². The number of nitrogens with one attached hydrogen (secondary N) is 1. The van der Waals surface area contributed by atoms with Crippen LogP contribution in [0.25, 0.3) is 0 Å². The van der Waals surface area contributed by atoms with Crippen LogP contribution in [-0.2, 0) is 0 Å². The first-order valence-corrected chi connectivity index (χ1v) is 5.67. The summed E-state index contributed by atoms with van der Waals surface area (Å²) in [6.45, 7) is 2.03. The Balaban J connectivity index is 2.12. The minimum atomic E-state index is 0.104. The number of anilines is 2. The van der Waals surface area contributed by atoms with Crippen LogP contribution in [0.2, 0.25) is 0 Å². The zero-order valence-electron chi connectivity index (χ0n) is 10.1. The lowest BCUT2D eigenvalue weighted by atomic mass is 10.1. The number of nitriles is 1. The van der Waals surface area contributed by atoms with Gasteiger partial charge in [0.05, 0.1) is 11.6 Å². The average molecular weight is 238 g/mol. The average Bonchev–Trinajstić information content (AvgIpc) is 2.39. The van der Waals surface area contributed by atoms with Gasteiger partial charge in [0.2, 0.25) is 0 Å². The van der Waals surface area contributed by atoms with Crippen LogP contribution in [0, 0.1) is 11.3 Å². The number of aromatic nitrogens is 1. The number of pyridine rings is 1. The van der Waals surface area contributed by atoms with Gasteiger partial charge in [-0.25, -0.2) is 4.98 Å². The monoisotopic (exact) mass is 238 g/mol. The normalized spacial score (nSPS) is 11.6. The van der Waals surface area contributed by atoms with Crippen molar-refractivity contribution in [3.05, 3.63) is 53.7 Å². The fourth-order valence-electron chi connectivity index (χ4n) is 1.68. The summed E-state index contributed by atoms with van der Waals surface area (Å²) in [6.07, 6.45) is 1.67. The summed E-state index contributed by atoms with van der Waals surface area (Å²) in [5.74, 6) is 0.742. The first kappa shape index (κ1) is 11.9. The third kappa shape index (κ3) is 2.77. The maximum absolute atomic E-state index is 8.74. The summed E-state index contributed by atoms with van der Waals surface area (Å²) in [7, 11) is 0. The lowest BCUT2D eigenvalue weighted by molar-refractivity contribution is 0.874. The van der Waals surface area contributed by atoms with Crippen molar-refractivity contribution in [2.24, 2.45) is 0 Å². The summed E-state index contributed by atoms with van der Waals surface area (Å²) in [4.78, 5) is 4.20. The third-order valence-corrected chi connectivity index (χ3v) is 2.69. The molecule has 0 aliphatic rings. The van der Waals surface area contributed by atoms with Crippen molar-refractivity contribution in [3.63, 3.8) is 0 Å². The SMILES string of the molecule is CC(Nc1cc(N)ccn1)c1ccc(C#N)cc1. The molecule has 0 spiro atoms. The molecule has 3 N–H and O–H groups in total. The van der Waals surface area contributed by atoms with E-state index in [1.807, 2.05) is 19.1 Å². The van der Waals surface area contributed by atoms with Gasteiger partial charge in [0.15, 0.2) is 0 Å². The van der Waals surface area contributed by atoms with Crippen molar-refractivity contribution < 1.29 is 0 Å². The Labute approximate surface area is 106 Å². The van der Waals surface area contributed by atoms with Crippen LogP contribution in [0.5, 0.6) is 0 Å². The topological polar surface area (TPSA) is 74.7 Å². The van der Waals surface area contributed by atoms with Crippen molar-refractivity contribution in [2.45, 2.75) is 13.0 Å². The van der Waals surface area contributed by atoms with Crippen LogP contribution in [0.1, 0.15) is 24.1 Å². The highest BCUT2D eigenvalue weighted by Crippen LogP contribution is 2.19. The van der Waals surface area contributed by atoms with Crippen molar-refractivity contribution in [2.75, 3.05) is 11.1 Å². The van der Waals surface area contributed by atoms with Crippen LogP contribution in [0.15, 0.2) is 42.6 Å². The van der Waals surface area contributed by atoms with Crippen LogP contribution >= 0.6 is 0 Å². The molecule has 1 atom stereocenters. The Morgan fingerprint density at radius 3 is 2.61 bits per heavy atom. The molecule has 4 heteroatoms. The highest BCUT2D eigenvalue weighted by Gasteiger charge is 2.06. The van der Waals surface area contributed by atoms with E-state index in [9.17, 15) is 0 Å². The maximum Gasteiger partial charge on any atom is 0.128 e. The molecule has 4 nitrogen and oxygen atoms in total. The van der Waals surface area contributed by atoms with Gasteiger partial charge in [-0.2, -0.15) is 5.26 Å². The molecule has 0 aliphatic heterocycles. The van der Waals surface area contributed by atoms with Gasteiger partial charge >= 0.3 is 0 Å². The largest absolute Gasteiger partial charge is 0.399 e. The molecule has 1 unspecified atom stereocenters. The third-order valence-electron chi connectivity index (χ3n) is 2.69. The van der Waals surface area contributed by atoms with Gasteiger partial charge in [0, 0.05) is 24.0 Å². The molecule has 0 bridgehead atoms. The highest BCUT2D eigenvalue weighted by atomic mass is 15.0. The minimum Gasteiger partial charge on any atom is -0.399 e. The van der Waals surface area contributed by atoms with Crippen molar-refractivity contribution in [1.82, 2.24) is 4.98 Å². The molecule has 0 fully saturated rings. The summed E-state index contributed by atoms with van der Waals surface area (Å²) in [6, 6.07) is 13.2. The fourth-order valence-corrected chi connectivity index (χ4v) is 1.68. The van der Waals surface area contributed by atoms with Crippen LogP contribution in [0.3, 0.4) is 0 Å². The van der Waals surface area contributed by atoms with E-state index in [2.05, 4.69) is 16.4 Å². The van der Waals surface area contributed by atoms with Gasteiger partial charge in [-0.15, -0.1) is 0 Å². The van der Waals surface area contributed by atoms with Gasteiger partial charge < -0.3 is 11.1 Å². The van der Waals surface area contributed by atoms with Crippen LogP contribution in [-0.4, -0.2) is 4.98 Å². The van der Waals surface area contributed by atoms with E-state index in [0.717, 1.165) is 11.4 Å². The van der Waals surface area contributed by atoms with Crippen LogP contribution < -0.4 is 11.1 Å². The lowest BCUT2D eigenvalue weighted by Gasteiger charge is -2.15. The number of hydrogen-bond acceptors (Lipinski definition) is 4. The molecule has 18 heavy (non-hydrogen) atoms. The smallest absolute Gasteiger partial charge is 0.128 e. The fraction of sp³-hybridized carbons (Fsp3) is 0.143. The molecular formula is C14H14N4. The Morgan fingerprint density at radius 2 is 2.00 bits per heavy atom. The van der Waals surface area contributed by atoms with Crippen LogP contribution in [0.4, 0.5) is 11.5 Å². The molecular weight excluding hydrogens is 224 g/mol. The number of nitrogen functional groups attached to an aromatic ring is 1. The van der Waals surface area contributed by atoms with E-state index >= 15 is 0 Å². The number of rotatable bonds is 3. The molecule has 1 heterocycles. The van der Waals surface area contributed by atoms with E-state index in [0.29, 0.717) is 11.3 Å². The molecule has 1 aromatic heterocycles. The number of nitrogens with zero attached hydrogens (tertiary/aromatic N) is 2. The number of benzene rings is 1. The van der Waals surface area contributed by atoms with Crippen molar-refractivity contribution in [1.29, 1.82) is 5.26 Å². The zero-order valence-corrected chi connectivity index (χ0v) is 10.1. The van der Waals surface area contributed by atoms with Gasteiger partial charge in [0.1, 0.15) is 5.82 Å². The second-order valence-corrected chi connectivity index (χ2v) is 4.07. The van der Waals surface area contributed by atoms with E-state index in [-0.39, 0.29) is 6.04 Å². The predicted molar refractivity (Wildman–Crippen MR) is 71.8 cm³/mol. The molecule has 1 aromatic carbocycles. The summed E-state index contributed by atoms with van der Waals surface area (Å²) in [5.41, 5.74) is 8.13. The molecule has 2 rings (SSSR count). The first-order valence-electron chi connectivity index (χ1n) is 5.67. The van der Waals surface area contributed by atoms with Crippen molar-refractivity contribution in [3.8, 4) is 6.07 Å². The molecule has 0 radical (unpaired) electrons. The quantitative estimate of drug-likeness (QED) is 0.862. The molecule has 2 aromatic rings. The zero-order chi connectivity index (χ0) is 13.0. The van der Waals surface area contributed by atoms with Gasteiger partial charge in [0.25, 0.3) is 0 Å². The summed E-state index contributed by atoms with van der Waals surface area (Å²) < 4.78 is 0. The molecule has 0 saturated carbocycles. The van der Waals surface area contributed by atoms with Crippen molar-refractivity contribution >= 4 is 11.5 Å². The van der Waals surface area contributed by atoms with Gasteiger partial charge in [-0.1, -0.05) is 12.1 Å². The molecule has 90 valence electrons. The lowest BCUT2D eigenvalue weighted by Crippen LogP contribution is -2.08. The first-order chi connectivity index (χ1) is 8.69. The minimum absolute atomic E-state index is 0.104. The van der Waals surface area contributed by atoms with Gasteiger partial charge in [-0.3, -0.25) is 0 Å². The van der Waals surface area contributed by atoms with E-state index in [4.69, 9.17) is 11.0 Å². The number of hydrogen-bond donors (Lipinski definition) is 2. The van der Waals surface area contributed by atoms with E-state index < -0.39 is 0 Å². The Bertz CT molecular complexity index is 569. The second-order valence-electron chi connectivity index (χ2n) is 4.07. The predicted octanol–water partition coefficient (Wildman–Crippen LogP) is 2.71. The Morgan fingerprint density at radius 1 is 1.28 bits per heavy atom. The Kier molecular flexibility index (Phi) is 3.44. The maximum atomic E-state index is 8.74. The summed E-state index contributed by atoms with van der Waals surface area (Å²) in [5, 5.41) is 12.0. The second kappa shape index (κ2) is 5.19.